The van der Waals surface area contributed by atoms with E-state index in [2.05, 4.69) is 4.98 Å². The van der Waals surface area contributed by atoms with Crippen molar-refractivity contribution < 1.29 is 19.7 Å². The Labute approximate surface area is 94.7 Å². The molecule has 5 nitrogen and oxygen atoms in total. The second-order valence-corrected chi connectivity index (χ2v) is 3.48. The fraction of sp³-hybridized carbons (Fsp3) is 0.545. The van der Waals surface area contributed by atoms with Crippen LogP contribution in [0.4, 0.5) is 0 Å². The molecule has 2 N–H and O–H groups in total. The fourth-order valence-electron chi connectivity index (χ4n) is 1.27. The number of nitrogens with zero attached hydrogens (tertiary/aromatic N) is 1. The highest BCUT2D eigenvalue weighted by atomic mass is 16.5. The molecule has 0 spiro atoms. The topological polar surface area (TPSA) is 71.8 Å². The Balaban J connectivity index is 2.59. The highest BCUT2D eigenvalue weighted by molar-refractivity contribution is 5.28. The maximum absolute atomic E-state index is 9.40. The number of methoxy groups -OCH3 is 1. The largest absolute Gasteiger partial charge is 0.489 e. The van der Waals surface area contributed by atoms with E-state index in [1.54, 1.807) is 12.1 Å². The molecule has 5 heteroatoms. The Hall–Kier alpha value is -1.17. The van der Waals surface area contributed by atoms with Gasteiger partial charge in [-0.1, -0.05) is 0 Å². The number of hydrogen-bond acceptors (Lipinski definition) is 5. The molecule has 0 amide bonds. The highest BCUT2D eigenvalue weighted by Crippen LogP contribution is 2.16. The third-order valence-electron chi connectivity index (χ3n) is 2.01. The van der Waals surface area contributed by atoms with Crippen LogP contribution in [0.2, 0.25) is 0 Å². The quantitative estimate of drug-likeness (QED) is 0.729. The van der Waals surface area contributed by atoms with Crippen LogP contribution < -0.4 is 4.74 Å². The Kier molecular flexibility index (Phi) is 5.18. The lowest BCUT2D eigenvalue weighted by Crippen LogP contribution is -2.23. The zero-order valence-corrected chi connectivity index (χ0v) is 9.51. The number of ether oxygens (including phenoxy) is 2. The van der Waals surface area contributed by atoms with E-state index in [1.165, 1.54) is 7.11 Å². The number of aliphatic hydroxyl groups excluding tert-OH is 2. The Morgan fingerprint density at radius 1 is 1.38 bits per heavy atom. The van der Waals surface area contributed by atoms with Gasteiger partial charge in [0.25, 0.3) is 0 Å². The average molecular weight is 227 g/mol. The van der Waals surface area contributed by atoms with Gasteiger partial charge in [0, 0.05) is 12.8 Å². The summed E-state index contributed by atoms with van der Waals surface area (Å²) in [5.74, 6) is 0.489. The second-order valence-electron chi connectivity index (χ2n) is 3.48. The summed E-state index contributed by atoms with van der Waals surface area (Å²) in [6.45, 7) is 1.99. The number of aliphatic hydroxyl groups is 2. The van der Waals surface area contributed by atoms with Gasteiger partial charge in [0.05, 0.1) is 13.2 Å². The number of hydrogen-bond donors (Lipinski definition) is 2. The van der Waals surface area contributed by atoms with Gasteiger partial charge >= 0.3 is 0 Å². The van der Waals surface area contributed by atoms with Crippen molar-refractivity contribution in [2.75, 3.05) is 20.3 Å². The molecule has 1 aromatic heterocycles. The number of aromatic nitrogens is 1. The van der Waals surface area contributed by atoms with Gasteiger partial charge in [-0.2, -0.15) is 0 Å². The number of rotatable bonds is 6. The zero-order chi connectivity index (χ0) is 12.0. The van der Waals surface area contributed by atoms with Crippen LogP contribution in [-0.4, -0.2) is 41.6 Å². The van der Waals surface area contributed by atoms with E-state index < -0.39 is 6.10 Å². The second kappa shape index (κ2) is 6.42. The summed E-state index contributed by atoms with van der Waals surface area (Å²) >= 11 is 0. The fourth-order valence-corrected chi connectivity index (χ4v) is 1.27. The van der Waals surface area contributed by atoms with Crippen molar-refractivity contribution in [2.45, 2.75) is 19.6 Å². The van der Waals surface area contributed by atoms with Crippen molar-refractivity contribution >= 4 is 0 Å². The smallest absolute Gasteiger partial charge is 0.143 e. The van der Waals surface area contributed by atoms with E-state index in [9.17, 15) is 5.11 Å². The molecular weight excluding hydrogens is 210 g/mol. The maximum atomic E-state index is 9.40. The molecular formula is C11H17NO4. The lowest BCUT2D eigenvalue weighted by Gasteiger charge is -2.13. The minimum Gasteiger partial charge on any atom is -0.489 e. The lowest BCUT2D eigenvalue weighted by molar-refractivity contribution is 0.0318. The molecule has 0 fully saturated rings. The van der Waals surface area contributed by atoms with Gasteiger partial charge in [-0.25, -0.2) is 0 Å². The van der Waals surface area contributed by atoms with E-state index >= 15 is 0 Å². The van der Waals surface area contributed by atoms with Crippen molar-refractivity contribution in [3.63, 3.8) is 0 Å². The summed E-state index contributed by atoms with van der Waals surface area (Å²) in [6, 6.07) is 3.52. The van der Waals surface area contributed by atoms with E-state index in [-0.39, 0.29) is 19.8 Å². The summed E-state index contributed by atoms with van der Waals surface area (Å²) in [6.07, 6.45) is -0.683. The van der Waals surface area contributed by atoms with Crippen molar-refractivity contribution in [3.8, 4) is 5.75 Å². The lowest BCUT2D eigenvalue weighted by atomic mass is 10.3. The molecule has 0 aliphatic heterocycles. The standard InChI is InChI=1S/C11H17NO4/c1-8-3-4-11(10(5-13)12-8)16-7-9(14)6-15-2/h3-4,9,13-14H,5-7H2,1-2H3. The van der Waals surface area contributed by atoms with Crippen molar-refractivity contribution in [2.24, 2.45) is 0 Å². The van der Waals surface area contributed by atoms with Crippen LogP contribution in [-0.2, 0) is 11.3 Å². The van der Waals surface area contributed by atoms with Gasteiger partial charge in [-0.05, 0) is 19.1 Å². The van der Waals surface area contributed by atoms with E-state index in [4.69, 9.17) is 14.6 Å². The zero-order valence-electron chi connectivity index (χ0n) is 9.51. The third-order valence-corrected chi connectivity index (χ3v) is 2.01. The van der Waals surface area contributed by atoms with Crippen molar-refractivity contribution in [1.82, 2.24) is 4.98 Å². The van der Waals surface area contributed by atoms with Gasteiger partial charge < -0.3 is 19.7 Å². The molecule has 0 radical (unpaired) electrons. The summed E-state index contributed by atoms with van der Waals surface area (Å²) in [5.41, 5.74) is 1.29. The molecule has 1 aromatic rings. The van der Waals surface area contributed by atoms with Gasteiger partial charge in [-0.3, -0.25) is 4.98 Å². The molecule has 16 heavy (non-hydrogen) atoms. The van der Waals surface area contributed by atoms with Crippen LogP contribution in [0.1, 0.15) is 11.4 Å². The van der Waals surface area contributed by atoms with Crippen LogP contribution >= 0.6 is 0 Å². The van der Waals surface area contributed by atoms with Crippen LogP contribution in [0.15, 0.2) is 12.1 Å². The van der Waals surface area contributed by atoms with Gasteiger partial charge in [-0.15, -0.1) is 0 Å². The Morgan fingerprint density at radius 3 is 2.75 bits per heavy atom. The first-order valence-corrected chi connectivity index (χ1v) is 5.04. The molecule has 0 aliphatic carbocycles. The van der Waals surface area contributed by atoms with E-state index in [0.29, 0.717) is 11.4 Å². The van der Waals surface area contributed by atoms with Crippen molar-refractivity contribution in [1.29, 1.82) is 0 Å². The van der Waals surface area contributed by atoms with Crippen molar-refractivity contribution in [3.05, 3.63) is 23.5 Å². The van der Waals surface area contributed by atoms with Gasteiger partial charge in [0.1, 0.15) is 24.2 Å². The molecule has 0 aromatic carbocycles. The molecule has 0 saturated heterocycles. The van der Waals surface area contributed by atoms with Crippen LogP contribution in [0, 0.1) is 6.92 Å². The Morgan fingerprint density at radius 2 is 2.12 bits per heavy atom. The molecule has 1 unspecified atom stereocenters. The molecule has 0 aliphatic rings. The predicted molar refractivity (Wildman–Crippen MR) is 58.3 cm³/mol. The van der Waals surface area contributed by atoms with Crippen LogP contribution in [0.3, 0.4) is 0 Å². The molecule has 1 atom stereocenters. The summed E-state index contributed by atoms with van der Waals surface area (Å²) in [4.78, 5) is 4.13. The number of pyridine rings is 1. The predicted octanol–water partition coefficient (Wildman–Crippen LogP) is 0.268. The Bertz CT molecular complexity index is 330. The average Bonchev–Trinajstić information content (AvgIpc) is 2.27. The first kappa shape index (κ1) is 12.9. The molecule has 1 heterocycles. The van der Waals surface area contributed by atoms with Crippen LogP contribution in [0.5, 0.6) is 5.75 Å². The maximum Gasteiger partial charge on any atom is 0.143 e. The molecule has 1 rings (SSSR count). The SMILES string of the molecule is COCC(O)COc1ccc(C)nc1CO. The third kappa shape index (κ3) is 3.77. The summed E-state index contributed by atoms with van der Waals surface area (Å²) < 4.78 is 10.1. The summed E-state index contributed by atoms with van der Waals surface area (Å²) in [5, 5.41) is 18.5. The minimum absolute atomic E-state index is 0.117. The first-order valence-electron chi connectivity index (χ1n) is 5.04. The monoisotopic (exact) mass is 227 g/mol. The molecule has 90 valence electrons. The van der Waals surface area contributed by atoms with Gasteiger partial charge in [0.15, 0.2) is 0 Å². The van der Waals surface area contributed by atoms with E-state index in [1.807, 2.05) is 6.92 Å². The summed E-state index contributed by atoms with van der Waals surface area (Å²) in [7, 11) is 1.51. The number of aryl methyl sites for hydroxylation is 1. The van der Waals surface area contributed by atoms with E-state index in [0.717, 1.165) is 5.69 Å². The molecule has 0 bridgehead atoms. The first-order chi connectivity index (χ1) is 7.67. The molecule has 0 saturated carbocycles. The minimum atomic E-state index is -0.683. The highest BCUT2D eigenvalue weighted by Gasteiger charge is 2.08. The van der Waals surface area contributed by atoms with Gasteiger partial charge in [0.2, 0.25) is 0 Å². The normalized spacial score (nSPS) is 12.5. The van der Waals surface area contributed by atoms with Crippen LogP contribution in [0.25, 0.3) is 0 Å².